The topological polar surface area (TPSA) is 59.9 Å². The van der Waals surface area contributed by atoms with Crippen molar-refractivity contribution < 1.29 is 0 Å². The number of nitriles is 1. The Kier molecular flexibility index (Phi) is 3.70. The SMILES string of the molecule is C=C1C=CC(C#N)=CN1/C=C(\C)c1c2cccccc-2[nH]c1=O. The second-order valence-corrected chi connectivity index (χ2v) is 5.31. The quantitative estimate of drug-likeness (QED) is 0.921. The number of aromatic nitrogens is 1. The molecule has 3 rings (SSSR count). The summed E-state index contributed by atoms with van der Waals surface area (Å²) < 4.78 is 0. The van der Waals surface area contributed by atoms with Gasteiger partial charge in [-0.2, -0.15) is 5.26 Å². The highest BCUT2D eigenvalue weighted by molar-refractivity contribution is 5.80. The minimum atomic E-state index is -0.123. The zero-order chi connectivity index (χ0) is 16.4. The molecule has 2 aliphatic heterocycles. The Labute approximate surface area is 134 Å². The fourth-order valence-electron chi connectivity index (χ4n) is 2.58. The molecule has 0 saturated carbocycles. The number of rotatable bonds is 2. The summed E-state index contributed by atoms with van der Waals surface area (Å²) in [5, 5.41) is 9.02. The molecule has 4 heteroatoms. The molecule has 0 radical (unpaired) electrons. The van der Waals surface area contributed by atoms with E-state index in [1.54, 1.807) is 23.3 Å². The molecular formula is C19H15N3O. The van der Waals surface area contributed by atoms with Gasteiger partial charge in [-0.25, -0.2) is 0 Å². The molecule has 1 aliphatic carbocycles. The normalized spacial score (nSPS) is 14.8. The van der Waals surface area contributed by atoms with Crippen molar-refractivity contribution in [2.45, 2.75) is 6.92 Å². The average Bonchev–Trinajstić information content (AvgIpc) is 2.69. The molecule has 4 nitrogen and oxygen atoms in total. The highest BCUT2D eigenvalue weighted by atomic mass is 16.1. The molecular weight excluding hydrogens is 286 g/mol. The largest absolute Gasteiger partial charge is 0.323 e. The summed E-state index contributed by atoms with van der Waals surface area (Å²) in [5.41, 5.74) is 4.26. The molecule has 0 aromatic rings. The fourth-order valence-corrected chi connectivity index (χ4v) is 2.58. The predicted molar refractivity (Wildman–Crippen MR) is 91.2 cm³/mol. The monoisotopic (exact) mass is 301 g/mol. The summed E-state index contributed by atoms with van der Waals surface area (Å²) >= 11 is 0. The molecule has 0 fully saturated rings. The molecule has 3 aliphatic rings. The van der Waals surface area contributed by atoms with Gasteiger partial charge in [0.05, 0.1) is 11.1 Å². The van der Waals surface area contributed by atoms with E-state index < -0.39 is 0 Å². The molecule has 0 spiro atoms. The zero-order valence-corrected chi connectivity index (χ0v) is 12.7. The third-order valence-electron chi connectivity index (χ3n) is 3.70. The van der Waals surface area contributed by atoms with Crippen LogP contribution in [-0.2, 0) is 0 Å². The van der Waals surface area contributed by atoms with Crippen molar-refractivity contribution in [2.75, 3.05) is 0 Å². The number of H-pyrrole nitrogens is 1. The number of fused-ring (bicyclic) bond motifs is 1. The lowest BCUT2D eigenvalue weighted by Gasteiger charge is -2.20. The Balaban J connectivity index is 2.07. The molecule has 1 N–H and O–H groups in total. The summed E-state index contributed by atoms with van der Waals surface area (Å²) in [5.74, 6) is 0. The standard InChI is InChI=1S/C19H15N3O/c1-13(11-22-12-15(10-20)9-8-14(22)2)18-16-6-4-3-5-7-17(16)21-19(18)23/h3-9,11-12H,2H2,1H3,(H,21,23)/b13-11+. The number of hydrogen-bond acceptors (Lipinski definition) is 3. The van der Waals surface area contributed by atoms with E-state index in [1.807, 2.05) is 43.5 Å². The van der Waals surface area contributed by atoms with Crippen LogP contribution >= 0.6 is 0 Å². The lowest BCUT2D eigenvalue weighted by molar-refractivity contribution is 0.646. The Bertz CT molecular complexity index is 938. The van der Waals surface area contributed by atoms with Crippen LogP contribution in [0.2, 0.25) is 0 Å². The number of nitrogens with one attached hydrogen (secondary N) is 1. The number of aromatic amines is 1. The Morgan fingerprint density at radius 1 is 1.30 bits per heavy atom. The first-order chi connectivity index (χ1) is 11.1. The van der Waals surface area contributed by atoms with Crippen molar-refractivity contribution in [1.29, 1.82) is 5.26 Å². The van der Waals surface area contributed by atoms with Crippen LogP contribution in [0, 0.1) is 11.3 Å². The Morgan fingerprint density at radius 2 is 2.09 bits per heavy atom. The third kappa shape index (κ3) is 2.72. The van der Waals surface area contributed by atoms with Crippen molar-refractivity contribution >= 4 is 5.57 Å². The maximum Gasteiger partial charge on any atom is 0.256 e. The molecule has 0 saturated heterocycles. The van der Waals surface area contributed by atoms with Crippen LogP contribution in [-0.4, -0.2) is 9.88 Å². The van der Waals surface area contributed by atoms with Crippen molar-refractivity contribution in [3.63, 3.8) is 0 Å². The van der Waals surface area contributed by atoms with E-state index in [0.29, 0.717) is 11.1 Å². The fraction of sp³-hybridized carbons (Fsp3) is 0.0526. The summed E-state index contributed by atoms with van der Waals surface area (Å²) in [4.78, 5) is 16.9. The van der Waals surface area contributed by atoms with Gasteiger partial charge in [0.1, 0.15) is 6.07 Å². The Hall–Kier alpha value is -3.32. The average molecular weight is 301 g/mol. The van der Waals surface area contributed by atoms with E-state index >= 15 is 0 Å². The first-order valence-corrected chi connectivity index (χ1v) is 7.17. The zero-order valence-electron chi connectivity index (χ0n) is 12.7. The minimum Gasteiger partial charge on any atom is -0.323 e. The van der Waals surface area contributed by atoms with E-state index in [9.17, 15) is 4.79 Å². The lowest BCUT2D eigenvalue weighted by atomic mass is 10.0. The predicted octanol–water partition coefficient (Wildman–Crippen LogP) is 3.63. The first kappa shape index (κ1) is 14.6. The second kappa shape index (κ2) is 5.82. The van der Waals surface area contributed by atoms with Crippen LogP contribution in [0.25, 0.3) is 16.8 Å². The highest BCUT2D eigenvalue weighted by Crippen LogP contribution is 2.27. The van der Waals surface area contributed by atoms with Crippen LogP contribution in [0.1, 0.15) is 12.5 Å². The number of nitrogens with zero attached hydrogens (tertiary/aromatic N) is 2. The summed E-state index contributed by atoms with van der Waals surface area (Å²) in [6.07, 6.45) is 7.01. The molecule has 0 atom stereocenters. The minimum absolute atomic E-state index is 0.123. The molecule has 0 aromatic heterocycles. The van der Waals surface area contributed by atoms with Crippen molar-refractivity contribution in [2.24, 2.45) is 0 Å². The maximum atomic E-state index is 12.3. The summed E-state index contributed by atoms with van der Waals surface area (Å²) in [6.45, 7) is 5.83. The van der Waals surface area contributed by atoms with E-state index in [1.165, 1.54) is 0 Å². The van der Waals surface area contributed by atoms with Gasteiger partial charge in [0.15, 0.2) is 0 Å². The highest BCUT2D eigenvalue weighted by Gasteiger charge is 2.16. The molecule has 0 amide bonds. The Morgan fingerprint density at radius 3 is 2.87 bits per heavy atom. The summed E-state index contributed by atoms with van der Waals surface area (Å²) in [7, 11) is 0. The van der Waals surface area contributed by atoms with Gasteiger partial charge in [-0.3, -0.25) is 4.79 Å². The molecule has 2 heterocycles. The maximum absolute atomic E-state index is 12.3. The van der Waals surface area contributed by atoms with Gasteiger partial charge in [0, 0.05) is 29.4 Å². The third-order valence-corrected chi connectivity index (χ3v) is 3.70. The molecule has 0 aromatic carbocycles. The molecule has 112 valence electrons. The van der Waals surface area contributed by atoms with Gasteiger partial charge in [-0.1, -0.05) is 30.8 Å². The summed E-state index contributed by atoms with van der Waals surface area (Å²) in [6, 6.07) is 11.6. The van der Waals surface area contributed by atoms with Crippen LogP contribution in [0.15, 0.2) is 77.5 Å². The van der Waals surface area contributed by atoms with Crippen LogP contribution in [0.3, 0.4) is 0 Å². The van der Waals surface area contributed by atoms with Crippen LogP contribution in [0.5, 0.6) is 0 Å². The van der Waals surface area contributed by atoms with Gasteiger partial charge in [0.25, 0.3) is 5.56 Å². The van der Waals surface area contributed by atoms with E-state index in [0.717, 1.165) is 22.5 Å². The molecule has 0 unspecified atom stereocenters. The van der Waals surface area contributed by atoms with Crippen molar-refractivity contribution in [3.05, 3.63) is 88.7 Å². The van der Waals surface area contributed by atoms with Gasteiger partial charge in [-0.05, 0) is 30.7 Å². The number of hydrogen-bond donors (Lipinski definition) is 1. The lowest BCUT2D eigenvalue weighted by Crippen LogP contribution is -2.12. The molecule has 0 bridgehead atoms. The van der Waals surface area contributed by atoms with Crippen LogP contribution < -0.4 is 5.56 Å². The number of allylic oxidation sites excluding steroid dienone is 4. The van der Waals surface area contributed by atoms with E-state index in [2.05, 4.69) is 17.6 Å². The smallest absolute Gasteiger partial charge is 0.256 e. The van der Waals surface area contributed by atoms with Gasteiger partial charge in [-0.15, -0.1) is 0 Å². The van der Waals surface area contributed by atoms with Crippen molar-refractivity contribution in [3.8, 4) is 17.3 Å². The van der Waals surface area contributed by atoms with Gasteiger partial charge < -0.3 is 9.88 Å². The van der Waals surface area contributed by atoms with Crippen LogP contribution in [0.4, 0.5) is 0 Å². The van der Waals surface area contributed by atoms with E-state index in [-0.39, 0.29) is 5.56 Å². The van der Waals surface area contributed by atoms with Gasteiger partial charge >= 0.3 is 0 Å². The first-order valence-electron chi connectivity index (χ1n) is 7.17. The van der Waals surface area contributed by atoms with E-state index in [4.69, 9.17) is 5.26 Å². The molecule has 23 heavy (non-hydrogen) atoms. The van der Waals surface area contributed by atoms with Crippen molar-refractivity contribution in [1.82, 2.24) is 9.88 Å². The van der Waals surface area contributed by atoms with Gasteiger partial charge in [0.2, 0.25) is 0 Å². The second-order valence-electron chi connectivity index (χ2n) is 5.31.